The molecule has 2 atom stereocenters. The fourth-order valence-corrected chi connectivity index (χ4v) is 1.13. The number of nitrogens with one attached hydrogen (secondary N) is 1. The smallest absolute Gasteiger partial charge is 0.177 e. The molecular weight excluding hydrogens is 128 g/mol. The van der Waals surface area contributed by atoms with Gasteiger partial charge in [-0.25, -0.2) is 0 Å². The molecular formula is C7H12N2O. The number of nitrogens with zero attached hydrogens (tertiary/aromatic N) is 1. The van der Waals surface area contributed by atoms with Crippen molar-refractivity contribution in [3.63, 3.8) is 0 Å². The first-order valence-electron chi connectivity index (χ1n) is 3.47. The van der Waals surface area contributed by atoms with Crippen molar-refractivity contribution in [2.45, 2.75) is 31.9 Å². The van der Waals surface area contributed by atoms with Crippen molar-refractivity contribution in [1.82, 2.24) is 5.32 Å². The van der Waals surface area contributed by atoms with E-state index in [4.69, 9.17) is 10.00 Å². The van der Waals surface area contributed by atoms with Gasteiger partial charge in [-0.15, -0.1) is 0 Å². The molecule has 0 aliphatic carbocycles. The van der Waals surface area contributed by atoms with Crippen LogP contribution in [0.1, 0.15) is 20.3 Å². The van der Waals surface area contributed by atoms with Crippen LogP contribution in [-0.4, -0.2) is 18.2 Å². The van der Waals surface area contributed by atoms with Crippen LogP contribution in [0.25, 0.3) is 0 Å². The van der Waals surface area contributed by atoms with Crippen LogP contribution >= 0.6 is 0 Å². The highest BCUT2D eigenvalue weighted by atomic mass is 16.5. The van der Waals surface area contributed by atoms with Crippen molar-refractivity contribution in [3.8, 4) is 6.19 Å². The monoisotopic (exact) mass is 140 g/mol. The summed E-state index contributed by atoms with van der Waals surface area (Å²) in [5.74, 6) is 0. The molecule has 0 bridgehead atoms. The third kappa shape index (κ3) is 1.07. The number of ether oxygens (including phenoxy) is 1. The SMILES string of the molecule is CC1OCCC1(C)NC#N. The van der Waals surface area contributed by atoms with Gasteiger partial charge in [-0.3, -0.25) is 0 Å². The highest BCUT2D eigenvalue weighted by Crippen LogP contribution is 2.24. The van der Waals surface area contributed by atoms with Crippen molar-refractivity contribution in [2.24, 2.45) is 0 Å². The summed E-state index contributed by atoms with van der Waals surface area (Å²) in [6, 6.07) is 0. The largest absolute Gasteiger partial charge is 0.376 e. The van der Waals surface area contributed by atoms with Gasteiger partial charge in [0.2, 0.25) is 0 Å². The van der Waals surface area contributed by atoms with Gasteiger partial charge in [-0.1, -0.05) is 0 Å². The van der Waals surface area contributed by atoms with Crippen LogP contribution in [0.3, 0.4) is 0 Å². The Bertz CT molecular complexity index is 163. The van der Waals surface area contributed by atoms with Crippen molar-refractivity contribution >= 4 is 0 Å². The second kappa shape index (κ2) is 2.47. The van der Waals surface area contributed by atoms with Gasteiger partial charge in [0.05, 0.1) is 11.6 Å². The van der Waals surface area contributed by atoms with Crippen molar-refractivity contribution in [3.05, 3.63) is 0 Å². The predicted octanol–water partition coefficient (Wildman–Crippen LogP) is 0.625. The number of nitriles is 1. The van der Waals surface area contributed by atoms with E-state index in [0.29, 0.717) is 0 Å². The highest BCUT2D eigenvalue weighted by molar-refractivity contribution is 4.97. The summed E-state index contributed by atoms with van der Waals surface area (Å²) in [6.45, 7) is 4.75. The Kier molecular flexibility index (Phi) is 1.82. The van der Waals surface area contributed by atoms with Gasteiger partial charge in [0.15, 0.2) is 6.19 Å². The first kappa shape index (κ1) is 7.36. The first-order chi connectivity index (χ1) is 4.69. The van der Waals surface area contributed by atoms with E-state index < -0.39 is 0 Å². The quantitative estimate of drug-likeness (QED) is 0.429. The Labute approximate surface area is 61.0 Å². The van der Waals surface area contributed by atoms with E-state index in [1.54, 1.807) is 0 Å². The molecule has 1 aliphatic heterocycles. The average Bonchev–Trinajstić information content (AvgIpc) is 2.15. The van der Waals surface area contributed by atoms with Gasteiger partial charge in [0.1, 0.15) is 0 Å². The molecule has 10 heavy (non-hydrogen) atoms. The van der Waals surface area contributed by atoms with Crippen LogP contribution in [0.4, 0.5) is 0 Å². The topological polar surface area (TPSA) is 45.0 Å². The second-order valence-corrected chi connectivity index (χ2v) is 2.92. The Hall–Kier alpha value is -0.750. The van der Waals surface area contributed by atoms with E-state index in [0.717, 1.165) is 13.0 Å². The van der Waals surface area contributed by atoms with Gasteiger partial charge in [0, 0.05) is 6.61 Å². The molecule has 0 radical (unpaired) electrons. The Morgan fingerprint density at radius 3 is 2.90 bits per heavy atom. The van der Waals surface area contributed by atoms with Crippen LogP contribution in [0.2, 0.25) is 0 Å². The molecule has 1 fully saturated rings. The maximum absolute atomic E-state index is 8.39. The second-order valence-electron chi connectivity index (χ2n) is 2.92. The molecule has 0 saturated carbocycles. The molecule has 3 nitrogen and oxygen atoms in total. The zero-order valence-electron chi connectivity index (χ0n) is 6.35. The number of hydrogen-bond donors (Lipinski definition) is 1. The lowest BCUT2D eigenvalue weighted by atomic mass is 9.95. The minimum absolute atomic E-state index is 0.130. The molecule has 1 rings (SSSR count). The minimum atomic E-state index is -0.130. The van der Waals surface area contributed by atoms with Crippen molar-refractivity contribution in [1.29, 1.82) is 5.26 Å². The zero-order valence-corrected chi connectivity index (χ0v) is 6.35. The lowest BCUT2D eigenvalue weighted by Crippen LogP contribution is -2.45. The summed E-state index contributed by atoms with van der Waals surface area (Å²) in [5, 5.41) is 11.1. The van der Waals surface area contributed by atoms with Crippen molar-refractivity contribution < 1.29 is 4.74 Å². The number of rotatable bonds is 1. The summed E-state index contributed by atoms with van der Waals surface area (Å²) >= 11 is 0. The van der Waals surface area contributed by atoms with Gasteiger partial charge in [-0.2, -0.15) is 5.26 Å². The summed E-state index contributed by atoms with van der Waals surface area (Å²) in [5.41, 5.74) is -0.130. The van der Waals surface area contributed by atoms with E-state index in [1.165, 1.54) is 0 Å². The van der Waals surface area contributed by atoms with E-state index in [2.05, 4.69) is 5.32 Å². The number of hydrogen-bond acceptors (Lipinski definition) is 3. The summed E-state index contributed by atoms with van der Waals surface area (Å²) in [7, 11) is 0. The molecule has 0 spiro atoms. The molecule has 1 saturated heterocycles. The highest BCUT2D eigenvalue weighted by Gasteiger charge is 2.36. The standard InChI is InChI=1S/C7H12N2O/c1-6-7(2,9-5-8)3-4-10-6/h6,9H,3-4H2,1-2H3. The fraction of sp³-hybridized carbons (Fsp3) is 0.857. The van der Waals surface area contributed by atoms with E-state index >= 15 is 0 Å². The van der Waals surface area contributed by atoms with E-state index in [9.17, 15) is 0 Å². The molecule has 0 aromatic carbocycles. The molecule has 0 aromatic heterocycles. The van der Waals surface area contributed by atoms with E-state index in [1.807, 2.05) is 20.0 Å². The van der Waals surface area contributed by atoms with Gasteiger partial charge >= 0.3 is 0 Å². The zero-order chi connectivity index (χ0) is 7.61. The molecule has 3 heteroatoms. The van der Waals surface area contributed by atoms with Crippen molar-refractivity contribution in [2.75, 3.05) is 6.61 Å². The lowest BCUT2D eigenvalue weighted by Gasteiger charge is -2.25. The Balaban J connectivity index is 2.58. The summed E-state index contributed by atoms with van der Waals surface area (Å²) < 4.78 is 5.31. The molecule has 0 amide bonds. The summed E-state index contributed by atoms with van der Waals surface area (Å²) in [6.07, 6.45) is 3.01. The maximum atomic E-state index is 8.39. The first-order valence-corrected chi connectivity index (χ1v) is 3.47. The van der Waals surface area contributed by atoms with Gasteiger partial charge < -0.3 is 10.1 Å². The Morgan fingerprint density at radius 2 is 2.50 bits per heavy atom. The summed E-state index contributed by atoms with van der Waals surface area (Å²) in [4.78, 5) is 0. The maximum Gasteiger partial charge on any atom is 0.177 e. The molecule has 1 N–H and O–H groups in total. The third-order valence-corrected chi connectivity index (χ3v) is 2.23. The molecule has 56 valence electrons. The lowest BCUT2D eigenvalue weighted by molar-refractivity contribution is 0.0938. The molecule has 1 aliphatic rings. The van der Waals surface area contributed by atoms with Gasteiger partial charge in [-0.05, 0) is 20.3 Å². The normalized spacial score (nSPS) is 39.1. The van der Waals surface area contributed by atoms with E-state index in [-0.39, 0.29) is 11.6 Å². The van der Waals surface area contributed by atoms with Crippen LogP contribution in [0.15, 0.2) is 0 Å². The van der Waals surface area contributed by atoms with Crippen LogP contribution < -0.4 is 5.32 Å². The molecule has 1 heterocycles. The Morgan fingerprint density at radius 1 is 1.80 bits per heavy atom. The van der Waals surface area contributed by atoms with Crippen LogP contribution in [-0.2, 0) is 4.74 Å². The molecule has 0 aromatic rings. The predicted molar refractivity (Wildman–Crippen MR) is 37.2 cm³/mol. The van der Waals surface area contributed by atoms with Crippen LogP contribution in [0.5, 0.6) is 0 Å². The van der Waals surface area contributed by atoms with Gasteiger partial charge in [0.25, 0.3) is 0 Å². The van der Waals surface area contributed by atoms with Crippen LogP contribution in [0, 0.1) is 11.5 Å². The molecule has 2 unspecified atom stereocenters. The fourth-order valence-electron chi connectivity index (χ4n) is 1.13. The minimum Gasteiger partial charge on any atom is -0.376 e. The third-order valence-electron chi connectivity index (χ3n) is 2.23. The average molecular weight is 140 g/mol.